The van der Waals surface area contributed by atoms with Gasteiger partial charge in [0.25, 0.3) is 0 Å². The number of carbonyl (C=O) groups excluding carboxylic acids is 2. The molecule has 6 heteroatoms. The molecule has 1 aliphatic rings. The molecule has 0 saturated heterocycles. The third-order valence-electron chi connectivity index (χ3n) is 6.17. The first-order chi connectivity index (χ1) is 15.9. The summed E-state index contributed by atoms with van der Waals surface area (Å²) in [4.78, 5) is 29.2. The molecule has 0 radical (unpaired) electrons. The summed E-state index contributed by atoms with van der Waals surface area (Å²) in [5, 5.41) is 3.92. The highest BCUT2D eigenvalue weighted by atomic mass is 35.5. The van der Waals surface area contributed by atoms with Crippen LogP contribution in [-0.4, -0.2) is 34.6 Å². The first-order valence-corrected chi connectivity index (χ1v) is 13.3. The Morgan fingerprint density at radius 1 is 1.12 bits per heavy atom. The molecule has 1 aliphatic carbocycles. The number of hydrogen-bond acceptors (Lipinski definition) is 3. The monoisotopic (exact) mass is 486 g/mol. The van der Waals surface area contributed by atoms with Crippen molar-refractivity contribution in [3.63, 3.8) is 0 Å². The molecule has 2 amide bonds. The van der Waals surface area contributed by atoms with E-state index in [1.165, 1.54) is 6.42 Å². The van der Waals surface area contributed by atoms with Gasteiger partial charge in [-0.15, -0.1) is 11.8 Å². The second kappa shape index (κ2) is 13.0. The summed E-state index contributed by atoms with van der Waals surface area (Å²) in [6.07, 6.45) is 6.82. The van der Waals surface area contributed by atoms with E-state index in [0.29, 0.717) is 13.0 Å². The normalized spacial score (nSPS) is 15.1. The van der Waals surface area contributed by atoms with Gasteiger partial charge in [0.15, 0.2) is 0 Å². The Bertz CT molecular complexity index is 913. The maximum absolute atomic E-state index is 13.2. The average Bonchev–Trinajstić information content (AvgIpc) is 2.81. The Balaban J connectivity index is 1.60. The van der Waals surface area contributed by atoms with Crippen molar-refractivity contribution in [2.24, 2.45) is 0 Å². The number of carbonyl (C=O) groups is 2. The minimum absolute atomic E-state index is 0.0273. The summed E-state index contributed by atoms with van der Waals surface area (Å²) < 4.78 is 0. The van der Waals surface area contributed by atoms with Crippen molar-refractivity contribution in [3.8, 4) is 0 Å². The molecule has 3 rings (SSSR count). The molecule has 33 heavy (non-hydrogen) atoms. The van der Waals surface area contributed by atoms with Crippen LogP contribution in [-0.2, 0) is 16.1 Å². The lowest BCUT2D eigenvalue weighted by Gasteiger charge is -2.31. The van der Waals surface area contributed by atoms with Gasteiger partial charge < -0.3 is 10.2 Å². The Morgan fingerprint density at radius 3 is 2.55 bits per heavy atom. The second-order valence-electron chi connectivity index (χ2n) is 8.94. The molecule has 0 heterocycles. The van der Waals surface area contributed by atoms with E-state index in [0.717, 1.165) is 58.9 Å². The number of thioether (sulfide) groups is 1. The van der Waals surface area contributed by atoms with Crippen LogP contribution in [0.25, 0.3) is 0 Å². The number of halogens is 1. The summed E-state index contributed by atoms with van der Waals surface area (Å²) in [6.45, 7) is 4.35. The predicted molar refractivity (Wildman–Crippen MR) is 138 cm³/mol. The van der Waals surface area contributed by atoms with E-state index in [-0.39, 0.29) is 17.9 Å². The molecular formula is C27H35ClN2O2S. The van der Waals surface area contributed by atoms with Gasteiger partial charge in [0.1, 0.15) is 6.04 Å². The maximum atomic E-state index is 13.2. The van der Waals surface area contributed by atoms with Gasteiger partial charge in [-0.2, -0.15) is 0 Å². The molecule has 0 unspecified atom stereocenters. The quantitative estimate of drug-likeness (QED) is 0.313. The van der Waals surface area contributed by atoms with Gasteiger partial charge in [0, 0.05) is 28.9 Å². The van der Waals surface area contributed by atoms with Crippen LogP contribution in [0.1, 0.15) is 63.0 Å². The lowest BCUT2D eigenvalue weighted by Crippen LogP contribution is -2.50. The van der Waals surface area contributed by atoms with E-state index in [9.17, 15) is 9.59 Å². The zero-order valence-electron chi connectivity index (χ0n) is 19.7. The van der Waals surface area contributed by atoms with Crippen molar-refractivity contribution in [1.82, 2.24) is 10.2 Å². The van der Waals surface area contributed by atoms with E-state index in [2.05, 4.69) is 11.4 Å². The molecule has 0 aromatic heterocycles. The zero-order valence-corrected chi connectivity index (χ0v) is 21.3. The number of aryl methyl sites for hydroxylation is 1. The van der Waals surface area contributed by atoms with E-state index < -0.39 is 6.04 Å². The maximum Gasteiger partial charge on any atom is 0.242 e. The van der Waals surface area contributed by atoms with Crippen LogP contribution in [0.15, 0.2) is 53.4 Å². The van der Waals surface area contributed by atoms with Crippen LogP contribution < -0.4 is 5.32 Å². The molecular weight excluding hydrogens is 452 g/mol. The number of rotatable bonds is 10. The van der Waals surface area contributed by atoms with Gasteiger partial charge >= 0.3 is 0 Å². The van der Waals surface area contributed by atoms with E-state index in [4.69, 9.17) is 11.6 Å². The topological polar surface area (TPSA) is 49.4 Å². The van der Waals surface area contributed by atoms with Crippen molar-refractivity contribution in [1.29, 1.82) is 0 Å². The fourth-order valence-electron chi connectivity index (χ4n) is 4.25. The number of amides is 2. The lowest BCUT2D eigenvalue weighted by atomic mass is 9.95. The standard InChI is InChI=1S/C27H35ClN2O2S/c1-20-8-6-9-22(18-20)19-30(21(2)27(32)29-24-10-4-3-5-11-24)26(31)12-7-17-33-25-15-13-23(28)14-16-25/h6,8-9,13-16,18,21,24H,3-5,7,10-12,17,19H2,1-2H3,(H,29,32)/t21-/m0/s1. The molecule has 2 aromatic carbocycles. The van der Waals surface area contributed by atoms with Gasteiger partial charge in [-0.1, -0.05) is 60.7 Å². The van der Waals surface area contributed by atoms with Crippen LogP contribution in [0.5, 0.6) is 0 Å². The van der Waals surface area contributed by atoms with Crippen molar-refractivity contribution < 1.29 is 9.59 Å². The summed E-state index contributed by atoms with van der Waals surface area (Å²) in [6, 6.07) is 15.6. The molecule has 4 nitrogen and oxygen atoms in total. The van der Waals surface area contributed by atoms with Gasteiger partial charge in [-0.05, 0) is 68.7 Å². The molecule has 178 valence electrons. The number of hydrogen-bond donors (Lipinski definition) is 1. The minimum Gasteiger partial charge on any atom is -0.352 e. The Hall–Kier alpha value is -1.98. The van der Waals surface area contributed by atoms with Crippen molar-refractivity contribution in [3.05, 3.63) is 64.7 Å². The van der Waals surface area contributed by atoms with E-state index in [1.807, 2.05) is 56.3 Å². The van der Waals surface area contributed by atoms with Crippen LogP contribution >= 0.6 is 23.4 Å². The van der Waals surface area contributed by atoms with Crippen LogP contribution in [0.4, 0.5) is 0 Å². The number of nitrogens with zero attached hydrogens (tertiary/aromatic N) is 1. The highest BCUT2D eigenvalue weighted by Gasteiger charge is 2.27. The summed E-state index contributed by atoms with van der Waals surface area (Å²) in [7, 11) is 0. The molecule has 1 N–H and O–H groups in total. The molecule has 2 aromatic rings. The Labute approximate surface area is 207 Å². The predicted octanol–water partition coefficient (Wildman–Crippen LogP) is 6.39. The lowest BCUT2D eigenvalue weighted by molar-refractivity contribution is -0.141. The first kappa shape index (κ1) is 25.6. The number of benzene rings is 2. The Morgan fingerprint density at radius 2 is 1.85 bits per heavy atom. The first-order valence-electron chi connectivity index (χ1n) is 12.0. The van der Waals surface area contributed by atoms with Gasteiger partial charge in [0.2, 0.25) is 11.8 Å². The molecule has 0 aliphatic heterocycles. The third-order valence-corrected chi connectivity index (χ3v) is 7.52. The smallest absolute Gasteiger partial charge is 0.242 e. The van der Waals surface area contributed by atoms with E-state index in [1.54, 1.807) is 16.7 Å². The second-order valence-corrected chi connectivity index (χ2v) is 10.5. The SMILES string of the molecule is Cc1cccc(CN(C(=O)CCCSc2ccc(Cl)cc2)[C@@H](C)C(=O)NC2CCCCC2)c1. The van der Waals surface area contributed by atoms with Gasteiger partial charge in [0.05, 0.1) is 0 Å². The minimum atomic E-state index is -0.496. The van der Waals surface area contributed by atoms with Crippen molar-refractivity contribution in [2.45, 2.75) is 82.3 Å². The molecule has 1 atom stereocenters. The zero-order chi connectivity index (χ0) is 23.6. The molecule has 0 bridgehead atoms. The average molecular weight is 487 g/mol. The highest BCUT2D eigenvalue weighted by molar-refractivity contribution is 7.99. The van der Waals surface area contributed by atoms with Gasteiger partial charge in [-0.3, -0.25) is 9.59 Å². The number of nitrogens with one attached hydrogen (secondary N) is 1. The van der Waals surface area contributed by atoms with Crippen molar-refractivity contribution >= 4 is 35.2 Å². The third kappa shape index (κ3) is 8.38. The Kier molecular flexibility index (Phi) is 10.1. The van der Waals surface area contributed by atoms with E-state index >= 15 is 0 Å². The summed E-state index contributed by atoms with van der Waals surface area (Å²) >= 11 is 7.67. The van der Waals surface area contributed by atoms with Crippen molar-refractivity contribution in [2.75, 3.05) is 5.75 Å². The molecule has 0 spiro atoms. The van der Waals surface area contributed by atoms with Crippen LogP contribution in [0.3, 0.4) is 0 Å². The van der Waals surface area contributed by atoms with Crippen LogP contribution in [0.2, 0.25) is 5.02 Å². The van der Waals surface area contributed by atoms with Crippen LogP contribution in [0, 0.1) is 6.92 Å². The summed E-state index contributed by atoms with van der Waals surface area (Å²) in [5.41, 5.74) is 2.20. The highest BCUT2D eigenvalue weighted by Crippen LogP contribution is 2.22. The fourth-order valence-corrected chi connectivity index (χ4v) is 5.23. The van der Waals surface area contributed by atoms with Gasteiger partial charge in [-0.25, -0.2) is 0 Å². The summed E-state index contributed by atoms with van der Waals surface area (Å²) in [5.74, 6) is 0.826. The molecule has 1 saturated carbocycles. The fraction of sp³-hybridized carbons (Fsp3) is 0.481. The largest absolute Gasteiger partial charge is 0.352 e. The molecule has 1 fully saturated rings.